The molecule has 0 saturated heterocycles. The predicted molar refractivity (Wildman–Crippen MR) is 105 cm³/mol. The Balaban J connectivity index is 2.03. The number of rotatable bonds is 9. The molecule has 150 valence electrons. The molecular formula is C22H26FNO4. The van der Waals surface area contributed by atoms with E-state index in [0.717, 1.165) is 11.3 Å². The minimum atomic E-state index is -1.12. The molecule has 5 nitrogen and oxygen atoms in total. The van der Waals surface area contributed by atoms with Gasteiger partial charge in [0.05, 0.1) is 17.9 Å². The summed E-state index contributed by atoms with van der Waals surface area (Å²) in [5.74, 6) is -1.96. The van der Waals surface area contributed by atoms with Crippen LogP contribution in [-0.2, 0) is 21.4 Å². The summed E-state index contributed by atoms with van der Waals surface area (Å²) in [5.41, 5.74) is -0.0163. The topological polar surface area (TPSA) is 75.6 Å². The molecule has 2 aromatic rings. The number of carbonyl (C=O) groups excluding carboxylic acids is 1. The van der Waals surface area contributed by atoms with E-state index in [1.165, 1.54) is 6.07 Å². The van der Waals surface area contributed by atoms with Crippen LogP contribution in [-0.4, -0.2) is 30.1 Å². The predicted octanol–water partition coefficient (Wildman–Crippen LogP) is 3.56. The van der Waals surface area contributed by atoms with Crippen molar-refractivity contribution < 1.29 is 23.8 Å². The summed E-state index contributed by atoms with van der Waals surface area (Å²) in [5, 5.41) is 12.2. The molecular weight excluding hydrogens is 361 g/mol. The Morgan fingerprint density at radius 3 is 2.36 bits per heavy atom. The van der Waals surface area contributed by atoms with Crippen LogP contribution < -0.4 is 10.1 Å². The zero-order chi connectivity index (χ0) is 20.7. The highest BCUT2D eigenvalue weighted by molar-refractivity contribution is 5.87. The Labute approximate surface area is 164 Å². The molecule has 0 aliphatic heterocycles. The van der Waals surface area contributed by atoms with Crippen LogP contribution in [0.15, 0.2) is 48.5 Å². The zero-order valence-electron chi connectivity index (χ0n) is 16.4. The third kappa shape index (κ3) is 5.31. The Bertz CT molecular complexity index is 818. The lowest BCUT2D eigenvalue weighted by atomic mass is 9.83. The van der Waals surface area contributed by atoms with E-state index in [2.05, 4.69) is 5.32 Å². The quantitative estimate of drug-likeness (QED) is 0.690. The van der Waals surface area contributed by atoms with Gasteiger partial charge in [0, 0.05) is 12.1 Å². The zero-order valence-corrected chi connectivity index (χ0v) is 16.4. The monoisotopic (exact) mass is 387 g/mol. The molecule has 1 amide bonds. The Morgan fingerprint density at radius 1 is 1.14 bits per heavy atom. The van der Waals surface area contributed by atoms with E-state index in [1.807, 2.05) is 19.1 Å². The van der Waals surface area contributed by atoms with Crippen LogP contribution in [0.2, 0.25) is 0 Å². The number of ether oxygens (including phenoxy) is 1. The van der Waals surface area contributed by atoms with Gasteiger partial charge in [-0.1, -0.05) is 30.3 Å². The molecule has 0 aromatic heterocycles. The van der Waals surface area contributed by atoms with Gasteiger partial charge in [-0.2, -0.15) is 0 Å². The first-order chi connectivity index (χ1) is 13.3. The number of hydrogen-bond donors (Lipinski definition) is 2. The van der Waals surface area contributed by atoms with Gasteiger partial charge < -0.3 is 15.2 Å². The fourth-order valence-electron chi connectivity index (χ4n) is 2.95. The van der Waals surface area contributed by atoms with Gasteiger partial charge in [0.25, 0.3) is 0 Å². The summed E-state index contributed by atoms with van der Waals surface area (Å²) in [6.07, 6.45) is 0.266. The molecule has 2 N–H and O–H groups in total. The Morgan fingerprint density at radius 2 is 1.79 bits per heavy atom. The van der Waals surface area contributed by atoms with Crippen molar-refractivity contribution in [1.82, 2.24) is 5.32 Å². The number of carbonyl (C=O) groups is 2. The number of aliphatic carboxylic acids is 1. The molecule has 2 aromatic carbocycles. The lowest BCUT2D eigenvalue weighted by Gasteiger charge is -2.25. The van der Waals surface area contributed by atoms with E-state index in [4.69, 9.17) is 4.74 Å². The maximum absolute atomic E-state index is 14.1. The van der Waals surface area contributed by atoms with Crippen LogP contribution in [0.1, 0.15) is 31.9 Å². The van der Waals surface area contributed by atoms with Crippen LogP contribution in [0.4, 0.5) is 4.39 Å². The van der Waals surface area contributed by atoms with Gasteiger partial charge in [0.2, 0.25) is 5.91 Å². The normalized spacial score (nSPS) is 12.3. The van der Waals surface area contributed by atoms with E-state index < -0.39 is 29.0 Å². The molecule has 6 heteroatoms. The summed E-state index contributed by atoms with van der Waals surface area (Å²) in [6.45, 7) is 5.63. The minimum absolute atomic E-state index is 0.0424. The molecule has 0 bridgehead atoms. The maximum atomic E-state index is 14.1. The summed E-state index contributed by atoms with van der Waals surface area (Å²) < 4.78 is 19.4. The standard InChI is InChI=1S/C22H26FNO4/c1-4-28-17-11-9-15(10-12-17)13-16(20(25)26)14-24-21(27)22(2,3)18-7-5-6-8-19(18)23/h5-12,16H,4,13-14H2,1-3H3,(H,24,27)(H,25,26). The summed E-state index contributed by atoms with van der Waals surface area (Å²) >= 11 is 0. The third-order valence-electron chi connectivity index (χ3n) is 4.69. The molecule has 0 fully saturated rings. The molecule has 2 rings (SSSR count). The van der Waals surface area contributed by atoms with E-state index >= 15 is 0 Å². The van der Waals surface area contributed by atoms with Crippen LogP contribution in [0, 0.1) is 11.7 Å². The van der Waals surface area contributed by atoms with E-state index in [0.29, 0.717) is 6.61 Å². The van der Waals surface area contributed by atoms with Crippen molar-refractivity contribution in [1.29, 1.82) is 0 Å². The Kier molecular flexibility index (Phi) is 7.15. The second-order valence-corrected chi connectivity index (χ2v) is 7.13. The number of carboxylic acids is 1. The largest absolute Gasteiger partial charge is 0.494 e. The fraction of sp³-hybridized carbons (Fsp3) is 0.364. The van der Waals surface area contributed by atoms with Crippen LogP contribution in [0.5, 0.6) is 5.75 Å². The maximum Gasteiger partial charge on any atom is 0.308 e. The smallest absolute Gasteiger partial charge is 0.308 e. The van der Waals surface area contributed by atoms with Gasteiger partial charge >= 0.3 is 5.97 Å². The molecule has 0 aliphatic rings. The SMILES string of the molecule is CCOc1ccc(CC(CNC(=O)C(C)(C)c2ccccc2F)C(=O)O)cc1. The van der Waals surface area contributed by atoms with Gasteiger partial charge in [-0.15, -0.1) is 0 Å². The van der Waals surface area contributed by atoms with Gasteiger partial charge in [0.1, 0.15) is 11.6 Å². The van der Waals surface area contributed by atoms with Crippen LogP contribution in [0.25, 0.3) is 0 Å². The number of nitrogens with one attached hydrogen (secondary N) is 1. The van der Waals surface area contributed by atoms with Crippen LogP contribution in [0.3, 0.4) is 0 Å². The highest BCUT2D eigenvalue weighted by Crippen LogP contribution is 2.26. The number of benzene rings is 2. The second kappa shape index (κ2) is 9.35. The third-order valence-corrected chi connectivity index (χ3v) is 4.69. The molecule has 0 aliphatic carbocycles. The van der Waals surface area contributed by atoms with E-state index in [-0.39, 0.29) is 18.5 Å². The first kappa shape index (κ1) is 21.4. The first-order valence-corrected chi connectivity index (χ1v) is 9.23. The lowest BCUT2D eigenvalue weighted by molar-refractivity contribution is -0.141. The molecule has 0 radical (unpaired) electrons. The molecule has 28 heavy (non-hydrogen) atoms. The second-order valence-electron chi connectivity index (χ2n) is 7.13. The molecule has 0 spiro atoms. The van der Waals surface area contributed by atoms with Gasteiger partial charge in [-0.25, -0.2) is 4.39 Å². The average molecular weight is 387 g/mol. The highest BCUT2D eigenvalue weighted by atomic mass is 19.1. The Hall–Kier alpha value is -2.89. The number of amides is 1. The van der Waals surface area contributed by atoms with E-state index in [1.54, 1.807) is 44.2 Å². The summed E-state index contributed by atoms with van der Waals surface area (Å²) in [6, 6.07) is 13.3. The van der Waals surface area contributed by atoms with Crippen molar-refractivity contribution >= 4 is 11.9 Å². The van der Waals surface area contributed by atoms with Gasteiger partial charge in [-0.3, -0.25) is 9.59 Å². The van der Waals surface area contributed by atoms with Gasteiger partial charge in [-0.05, 0) is 51.0 Å². The highest BCUT2D eigenvalue weighted by Gasteiger charge is 2.33. The molecule has 0 heterocycles. The number of hydrogen-bond acceptors (Lipinski definition) is 3. The molecule has 1 unspecified atom stereocenters. The summed E-state index contributed by atoms with van der Waals surface area (Å²) in [4.78, 5) is 24.2. The number of carboxylic acid groups (broad SMARTS) is 1. The molecule has 1 atom stereocenters. The van der Waals surface area contributed by atoms with Crippen molar-refractivity contribution in [3.8, 4) is 5.75 Å². The van der Waals surface area contributed by atoms with Crippen molar-refractivity contribution in [3.63, 3.8) is 0 Å². The van der Waals surface area contributed by atoms with Crippen molar-refractivity contribution in [2.75, 3.05) is 13.2 Å². The lowest BCUT2D eigenvalue weighted by Crippen LogP contribution is -2.44. The fourth-order valence-corrected chi connectivity index (χ4v) is 2.95. The van der Waals surface area contributed by atoms with E-state index in [9.17, 15) is 19.1 Å². The van der Waals surface area contributed by atoms with Crippen molar-refractivity contribution in [2.24, 2.45) is 5.92 Å². The first-order valence-electron chi connectivity index (χ1n) is 9.23. The van der Waals surface area contributed by atoms with Crippen molar-refractivity contribution in [3.05, 3.63) is 65.5 Å². The summed E-state index contributed by atoms with van der Waals surface area (Å²) in [7, 11) is 0. The van der Waals surface area contributed by atoms with Gasteiger partial charge in [0.15, 0.2) is 0 Å². The molecule has 0 saturated carbocycles. The van der Waals surface area contributed by atoms with Crippen molar-refractivity contribution in [2.45, 2.75) is 32.6 Å². The average Bonchev–Trinajstić information content (AvgIpc) is 2.66. The minimum Gasteiger partial charge on any atom is -0.494 e. The van der Waals surface area contributed by atoms with Crippen LogP contribution >= 0.6 is 0 Å². The number of halogens is 1.